The van der Waals surface area contributed by atoms with Crippen molar-refractivity contribution in [1.82, 2.24) is 0 Å². The van der Waals surface area contributed by atoms with E-state index in [1.807, 2.05) is 0 Å². The van der Waals surface area contributed by atoms with Crippen LogP contribution in [0.5, 0.6) is 0 Å². The molecular weight excluding hydrogens is 228 g/mol. The Kier molecular flexibility index (Phi) is 3.89. The molecule has 5 nitrogen and oxygen atoms in total. The van der Waals surface area contributed by atoms with Crippen LogP contribution in [0.1, 0.15) is 6.92 Å². The minimum absolute atomic E-state index is 0.203. The lowest BCUT2D eigenvalue weighted by molar-refractivity contribution is 0.164. The number of nitrogens with two attached hydrogens (primary N) is 1. The van der Waals surface area contributed by atoms with Crippen LogP contribution in [0.3, 0.4) is 0 Å². The number of carbonyl (C=O) groups is 1. The molecule has 1 amide bonds. The molecule has 6 heteroatoms. The Morgan fingerprint density at radius 1 is 1.56 bits per heavy atom. The van der Waals surface area contributed by atoms with E-state index in [-0.39, 0.29) is 6.61 Å². The van der Waals surface area contributed by atoms with Gasteiger partial charge in [-0.05, 0) is 25.1 Å². The van der Waals surface area contributed by atoms with Crippen molar-refractivity contribution in [3.63, 3.8) is 0 Å². The number of amides is 1. The standard InChI is InChI=1S/C10H14N2O3S/c1-3-15-10(13)12-16(2,14)9-6-4-5-8(11)7-9/h4-7H,3,11H2,1-2H3. The summed E-state index contributed by atoms with van der Waals surface area (Å²) >= 11 is 0. The van der Waals surface area contributed by atoms with Gasteiger partial charge in [0.25, 0.3) is 0 Å². The van der Waals surface area contributed by atoms with Gasteiger partial charge in [0.2, 0.25) is 0 Å². The highest BCUT2D eigenvalue weighted by Crippen LogP contribution is 2.15. The number of carbonyl (C=O) groups excluding carboxylic acids is 1. The molecule has 16 heavy (non-hydrogen) atoms. The van der Waals surface area contributed by atoms with Crippen LogP contribution in [0, 0.1) is 0 Å². The summed E-state index contributed by atoms with van der Waals surface area (Å²) in [7, 11) is -2.78. The van der Waals surface area contributed by atoms with Crippen LogP contribution < -0.4 is 5.73 Å². The maximum Gasteiger partial charge on any atom is 0.442 e. The van der Waals surface area contributed by atoms with Crippen LogP contribution in [0.25, 0.3) is 0 Å². The molecule has 0 aliphatic heterocycles. The molecule has 0 bridgehead atoms. The number of rotatable bonds is 2. The van der Waals surface area contributed by atoms with Crippen molar-refractivity contribution in [2.45, 2.75) is 11.8 Å². The summed E-state index contributed by atoms with van der Waals surface area (Å²) in [5, 5.41) is 0. The third-order valence-electron chi connectivity index (χ3n) is 1.81. The number of anilines is 1. The molecule has 0 saturated heterocycles. The minimum atomic E-state index is -2.78. The molecule has 0 heterocycles. The predicted octanol–water partition coefficient (Wildman–Crippen LogP) is 1.88. The van der Waals surface area contributed by atoms with Gasteiger partial charge in [0, 0.05) is 16.8 Å². The average Bonchev–Trinajstić information content (AvgIpc) is 2.17. The van der Waals surface area contributed by atoms with Crippen LogP contribution in [-0.2, 0) is 14.5 Å². The minimum Gasteiger partial charge on any atom is -0.448 e. The summed E-state index contributed by atoms with van der Waals surface area (Å²) in [6.07, 6.45) is 0.552. The first-order valence-corrected chi connectivity index (χ1v) is 6.62. The zero-order valence-corrected chi connectivity index (χ0v) is 9.99. The van der Waals surface area contributed by atoms with Gasteiger partial charge in [-0.2, -0.15) is 0 Å². The monoisotopic (exact) mass is 242 g/mol. The molecule has 1 atom stereocenters. The highest BCUT2D eigenvalue weighted by Gasteiger charge is 2.09. The maximum absolute atomic E-state index is 12.1. The maximum atomic E-state index is 12.1. The molecule has 1 aromatic rings. The zero-order valence-electron chi connectivity index (χ0n) is 9.17. The van der Waals surface area contributed by atoms with Gasteiger partial charge in [-0.3, -0.25) is 0 Å². The van der Waals surface area contributed by atoms with Crippen molar-refractivity contribution in [2.24, 2.45) is 4.36 Å². The normalized spacial score (nSPS) is 13.9. The molecule has 0 radical (unpaired) electrons. The van der Waals surface area contributed by atoms with E-state index in [1.54, 1.807) is 25.1 Å². The fourth-order valence-electron chi connectivity index (χ4n) is 1.09. The first-order valence-electron chi connectivity index (χ1n) is 4.70. The molecule has 1 rings (SSSR count). The van der Waals surface area contributed by atoms with E-state index in [2.05, 4.69) is 9.10 Å². The SMILES string of the molecule is CCOC(=O)N=S(C)(=O)c1cccc(N)c1. The molecule has 0 spiro atoms. The Balaban J connectivity index is 3.11. The largest absolute Gasteiger partial charge is 0.448 e. The van der Waals surface area contributed by atoms with Gasteiger partial charge >= 0.3 is 6.09 Å². The zero-order chi connectivity index (χ0) is 12.2. The fourth-order valence-corrected chi connectivity index (χ4v) is 2.22. The number of nitrogens with zero attached hydrogens (tertiary/aromatic N) is 1. The first-order chi connectivity index (χ1) is 7.45. The first kappa shape index (κ1) is 12.5. The lowest BCUT2D eigenvalue weighted by Crippen LogP contribution is -2.05. The molecular formula is C10H14N2O3S. The number of hydrogen-bond acceptors (Lipinski definition) is 4. The number of nitrogen functional groups attached to an aromatic ring is 1. The van der Waals surface area contributed by atoms with E-state index in [4.69, 9.17) is 5.73 Å². The van der Waals surface area contributed by atoms with E-state index in [0.717, 1.165) is 0 Å². The number of hydrogen-bond donors (Lipinski definition) is 1. The Labute approximate surface area is 94.8 Å². The van der Waals surface area contributed by atoms with E-state index >= 15 is 0 Å². The molecule has 88 valence electrons. The molecule has 1 unspecified atom stereocenters. The van der Waals surface area contributed by atoms with Gasteiger partial charge in [0.1, 0.15) is 0 Å². The van der Waals surface area contributed by atoms with Gasteiger partial charge in [-0.15, -0.1) is 4.36 Å². The summed E-state index contributed by atoms with van der Waals surface area (Å²) < 4.78 is 20.2. The summed E-state index contributed by atoms with van der Waals surface area (Å²) in [4.78, 5) is 11.5. The van der Waals surface area contributed by atoms with E-state index in [0.29, 0.717) is 10.6 Å². The smallest absolute Gasteiger partial charge is 0.442 e. The summed E-state index contributed by atoms with van der Waals surface area (Å²) in [6.45, 7) is 1.86. The van der Waals surface area contributed by atoms with Crippen molar-refractivity contribution >= 4 is 21.5 Å². The molecule has 2 N–H and O–H groups in total. The van der Waals surface area contributed by atoms with Crippen molar-refractivity contribution < 1.29 is 13.7 Å². The lowest BCUT2D eigenvalue weighted by Gasteiger charge is -2.04. The van der Waals surface area contributed by atoms with Crippen LogP contribution in [0.4, 0.5) is 10.5 Å². The van der Waals surface area contributed by atoms with Gasteiger partial charge in [-0.1, -0.05) is 6.07 Å². The number of benzene rings is 1. The average molecular weight is 242 g/mol. The lowest BCUT2D eigenvalue weighted by atomic mass is 10.3. The topological polar surface area (TPSA) is 81.8 Å². The van der Waals surface area contributed by atoms with Crippen LogP contribution in [0.2, 0.25) is 0 Å². The number of ether oxygens (including phenoxy) is 1. The summed E-state index contributed by atoms with van der Waals surface area (Å²) in [5.74, 6) is 0. The Morgan fingerprint density at radius 3 is 2.81 bits per heavy atom. The second kappa shape index (κ2) is 4.98. The molecule has 0 fully saturated rings. The Bertz CT molecular complexity index is 505. The van der Waals surface area contributed by atoms with Gasteiger partial charge in [0.05, 0.1) is 16.3 Å². The molecule has 0 saturated carbocycles. The third kappa shape index (κ3) is 3.23. The second-order valence-corrected chi connectivity index (χ2v) is 5.42. The Hall–Kier alpha value is -1.56. The third-order valence-corrected chi connectivity index (χ3v) is 3.44. The predicted molar refractivity (Wildman–Crippen MR) is 62.6 cm³/mol. The van der Waals surface area contributed by atoms with E-state index < -0.39 is 15.8 Å². The fraction of sp³-hybridized carbons (Fsp3) is 0.300. The molecule has 0 aromatic heterocycles. The Morgan fingerprint density at radius 2 is 2.25 bits per heavy atom. The van der Waals surface area contributed by atoms with Crippen LogP contribution >= 0.6 is 0 Å². The molecule has 0 aliphatic rings. The van der Waals surface area contributed by atoms with Crippen molar-refractivity contribution in [3.05, 3.63) is 24.3 Å². The van der Waals surface area contributed by atoms with Crippen molar-refractivity contribution in [1.29, 1.82) is 0 Å². The van der Waals surface area contributed by atoms with E-state index in [1.165, 1.54) is 12.3 Å². The summed E-state index contributed by atoms with van der Waals surface area (Å²) in [5.41, 5.74) is 6.04. The summed E-state index contributed by atoms with van der Waals surface area (Å²) in [6, 6.07) is 6.48. The van der Waals surface area contributed by atoms with Gasteiger partial charge in [-0.25, -0.2) is 9.00 Å². The second-order valence-electron chi connectivity index (χ2n) is 3.17. The van der Waals surface area contributed by atoms with Gasteiger partial charge in [0.15, 0.2) is 0 Å². The van der Waals surface area contributed by atoms with Crippen molar-refractivity contribution in [2.75, 3.05) is 18.6 Å². The quantitative estimate of drug-likeness (QED) is 0.803. The molecule has 0 aliphatic carbocycles. The van der Waals surface area contributed by atoms with Crippen molar-refractivity contribution in [3.8, 4) is 0 Å². The van der Waals surface area contributed by atoms with Crippen LogP contribution in [0.15, 0.2) is 33.5 Å². The van der Waals surface area contributed by atoms with Gasteiger partial charge < -0.3 is 10.5 Å². The highest BCUT2D eigenvalue weighted by atomic mass is 32.2. The molecule has 1 aromatic carbocycles. The van der Waals surface area contributed by atoms with Crippen LogP contribution in [-0.4, -0.2) is 23.2 Å². The highest BCUT2D eigenvalue weighted by molar-refractivity contribution is 7.93. The van der Waals surface area contributed by atoms with E-state index in [9.17, 15) is 9.00 Å².